The molecule has 0 bridgehead atoms. The molecular formula is C23H24F2N2O3. The Balaban J connectivity index is 1.80. The molecule has 2 atom stereocenters. The van der Waals surface area contributed by atoms with E-state index >= 15 is 0 Å². The average Bonchev–Trinajstić information content (AvgIpc) is 2.78. The van der Waals surface area contributed by atoms with Crippen molar-refractivity contribution in [3.63, 3.8) is 0 Å². The number of ether oxygens (including phenoxy) is 3. The maximum Gasteiger partial charge on any atom is 0.221 e. The van der Waals surface area contributed by atoms with E-state index in [0.29, 0.717) is 29.7 Å². The average molecular weight is 414 g/mol. The molecule has 0 radical (unpaired) electrons. The van der Waals surface area contributed by atoms with Crippen molar-refractivity contribution in [3.05, 3.63) is 64.9 Å². The molecule has 3 aromatic rings. The van der Waals surface area contributed by atoms with Gasteiger partial charge in [-0.05, 0) is 49.2 Å². The van der Waals surface area contributed by atoms with E-state index in [2.05, 4.69) is 16.8 Å². The number of methoxy groups -OCH3 is 2. The quantitative estimate of drug-likeness (QED) is 0.600. The highest BCUT2D eigenvalue weighted by Crippen LogP contribution is 2.40. The summed E-state index contributed by atoms with van der Waals surface area (Å²) >= 11 is 0. The standard InChI is InChI=1S/C23H24F2N2O3/c1-13(14-5-7-15(28-3)8-6-14)27(2)21-12-30-11-20-22(21)16-9-18(24)19(25)10-17(16)23(26-20)29-4/h5-10,13,21H,11-12H2,1-4H3/t13-,21?/m1/s1. The third kappa shape index (κ3) is 3.48. The molecule has 0 spiro atoms. The molecule has 0 aliphatic carbocycles. The van der Waals surface area contributed by atoms with E-state index in [1.165, 1.54) is 13.2 Å². The Labute approximate surface area is 174 Å². The van der Waals surface area contributed by atoms with Gasteiger partial charge in [0.15, 0.2) is 11.6 Å². The minimum atomic E-state index is -0.925. The topological polar surface area (TPSA) is 43.8 Å². The van der Waals surface area contributed by atoms with Gasteiger partial charge in [0.2, 0.25) is 5.88 Å². The van der Waals surface area contributed by atoms with Gasteiger partial charge in [0.05, 0.1) is 39.2 Å². The van der Waals surface area contributed by atoms with Gasteiger partial charge in [-0.2, -0.15) is 0 Å². The summed E-state index contributed by atoms with van der Waals surface area (Å²) in [6.45, 7) is 2.81. The summed E-state index contributed by atoms with van der Waals surface area (Å²) in [5.41, 5.74) is 2.63. The molecular weight excluding hydrogens is 390 g/mol. The summed E-state index contributed by atoms with van der Waals surface area (Å²) in [7, 11) is 5.09. The molecule has 0 N–H and O–H groups in total. The van der Waals surface area contributed by atoms with Gasteiger partial charge in [-0.1, -0.05) is 12.1 Å². The first kappa shape index (κ1) is 20.5. The van der Waals surface area contributed by atoms with Crippen LogP contribution in [0.2, 0.25) is 0 Å². The number of benzene rings is 2. The molecule has 1 aliphatic heterocycles. The van der Waals surface area contributed by atoms with Crippen molar-refractivity contribution >= 4 is 10.8 Å². The van der Waals surface area contributed by atoms with Crippen molar-refractivity contribution in [2.24, 2.45) is 0 Å². The Bertz CT molecular complexity index is 1070. The zero-order chi connectivity index (χ0) is 21.4. The van der Waals surface area contributed by atoms with E-state index in [0.717, 1.165) is 22.9 Å². The van der Waals surface area contributed by atoms with Crippen LogP contribution in [0.5, 0.6) is 11.6 Å². The minimum absolute atomic E-state index is 0.0397. The Kier molecular flexibility index (Phi) is 5.58. The lowest BCUT2D eigenvalue weighted by Crippen LogP contribution is -2.34. The largest absolute Gasteiger partial charge is 0.497 e. The molecule has 0 amide bonds. The second-order valence-electron chi connectivity index (χ2n) is 7.44. The van der Waals surface area contributed by atoms with Crippen molar-refractivity contribution in [2.75, 3.05) is 27.9 Å². The fourth-order valence-corrected chi connectivity index (χ4v) is 4.04. The van der Waals surface area contributed by atoms with Crippen LogP contribution in [0.15, 0.2) is 36.4 Å². The number of fused-ring (bicyclic) bond motifs is 3. The lowest BCUT2D eigenvalue weighted by molar-refractivity contribution is 0.0270. The van der Waals surface area contributed by atoms with Gasteiger partial charge in [-0.15, -0.1) is 0 Å². The highest BCUT2D eigenvalue weighted by atomic mass is 19.2. The van der Waals surface area contributed by atoms with Crippen LogP contribution in [0, 0.1) is 11.6 Å². The number of nitrogens with zero attached hydrogens (tertiary/aromatic N) is 2. The maximum atomic E-state index is 14.2. The van der Waals surface area contributed by atoms with Crippen LogP contribution >= 0.6 is 0 Å². The van der Waals surface area contributed by atoms with Gasteiger partial charge < -0.3 is 14.2 Å². The van der Waals surface area contributed by atoms with E-state index in [1.807, 2.05) is 31.3 Å². The Morgan fingerprint density at radius 1 is 1.07 bits per heavy atom. The third-order valence-electron chi connectivity index (χ3n) is 5.87. The minimum Gasteiger partial charge on any atom is -0.497 e. The van der Waals surface area contributed by atoms with Crippen molar-refractivity contribution < 1.29 is 23.0 Å². The Hall–Kier alpha value is -2.77. The van der Waals surface area contributed by atoms with Crippen LogP contribution in [-0.4, -0.2) is 37.8 Å². The van der Waals surface area contributed by atoms with Crippen LogP contribution in [0.25, 0.3) is 10.8 Å². The summed E-state index contributed by atoms with van der Waals surface area (Å²) < 4.78 is 44.5. The van der Waals surface area contributed by atoms with Gasteiger partial charge in [0.1, 0.15) is 5.75 Å². The van der Waals surface area contributed by atoms with Crippen LogP contribution in [0.3, 0.4) is 0 Å². The lowest BCUT2D eigenvalue weighted by Gasteiger charge is -2.37. The first-order chi connectivity index (χ1) is 14.4. The Morgan fingerprint density at radius 3 is 2.37 bits per heavy atom. The molecule has 1 aromatic heterocycles. The fourth-order valence-electron chi connectivity index (χ4n) is 4.04. The van der Waals surface area contributed by atoms with Crippen LogP contribution in [0.4, 0.5) is 8.78 Å². The van der Waals surface area contributed by atoms with Gasteiger partial charge in [-0.25, -0.2) is 13.8 Å². The van der Waals surface area contributed by atoms with E-state index in [9.17, 15) is 8.78 Å². The predicted molar refractivity (Wildman–Crippen MR) is 110 cm³/mol. The Morgan fingerprint density at radius 2 is 1.73 bits per heavy atom. The summed E-state index contributed by atoms with van der Waals surface area (Å²) in [6, 6.07) is 10.1. The van der Waals surface area contributed by atoms with Gasteiger partial charge in [-0.3, -0.25) is 4.90 Å². The van der Waals surface area contributed by atoms with Crippen molar-refractivity contribution in [1.82, 2.24) is 9.88 Å². The number of hydrogen-bond acceptors (Lipinski definition) is 5. The zero-order valence-electron chi connectivity index (χ0n) is 17.4. The second-order valence-corrected chi connectivity index (χ2v) is 7.44. The van der Waals surface area contributed by atoms with Gasteiger partial charge in [0, 0.05) is 17.0 Å². The second kappa shape index (κ2) is 8.16. The summed E-state index contributed by atoms with van der Waals surface area (Å²) in [6.07, 6.45) is 0. The van der Waals surface area contributed by atoms with Crippen molar-refractivity contribution in [3.8, 4) is 11.6 Å². The lowest BCUT2D eigenvalue weighted by atomic mass is 9.93. The van der Waals surface area contributed by atoms with Crippen molar-refractivity contribution in [1.29, 1.82) is 0 Å². The van der Waals surface area contributed by atoms with Crippen LogP contribution in [-0.2, 0) is 11.3 Å². The van der Waals surface area contributed by atoms with E-state index in [4.69, 9.17) is 14.2 Å². The van der Waals surface area contributed by atoms with Crippen molar-refractivity contribution in [2.45, 2.75) is 25.6 Å². The molecule has 30 heavy (non-hydrogen) atoms. The molecule has 1 aliphatic rings. The monoisotopic (exact) mass is 414 g/mol. The summed E-state index contributed by atoms with van der Waals surface area (Å²) in [4.78, 5) is 6.70. The molecule has 2 heterocycles. The van der Waals surface area contributed by atoms with Gasteiger partial charge in [0.25, 0.3) is 0 Å². The third-order valence-corrected chi connectivity index (χ3v) is 5.87. The highest BCUT2D eigenvalue weighted by Gasteiger charge is 2.32. The van der Waals surface area contributed by atoms with E-state index < -0.39 is 11.6 Å². The SMILES string of the molecule is COc1ccc([C@@H](C)N(C)C2COCc3nc(OC)c4cc(F)c(F)cc4c32)cc1. The fraction of sp³-hybridized carbons (Fsp3) is 0.348. The number of aromatic nitrogens is 1. The molecule has 0 saturated heterocycles. The smallest absolute Gasteiger partial charge is 0.221 e. The molecule has 158 valence electrons. The van der Waals surface area contributed by atoms with Crippen LogP contribution < -0.4 is 9.47 Å². The van der Waals surface area contributed by atoms with Gasteiger partial charge >= 0.3 is 0 Å². The molecule has 4 rings (SSSR count). The molecule has 2 aromatic carbocycles. The first-order valence-electron chi connectivity index (χ1n) is 9.73. The number of hydrogen-bond donors (Lipinski definition) is 0. The van der Waals surface area contributed by atoms with Crippen LogP contribution in [0.1, 0.15) is 35.8 Å². The van der Waals surface area contributed by atoms with E-state index in [1.54, 1.807) is 7.11 Å². The highest BCUT2D eigenvalue weighted by molar-refractivity contribution is 5.91. The molecule has 1 unspecified atom stereocenters. The number of halogens is 2. The molecule has 0 fully saturated rings. The number of rotatable bonds is 5. The summed E-state index contributed by atoms with van der Waals surface area (Å²) in [5, 5.41) is 1.05. The zero-order valence-corrected chi connectivity index (χ0v) is 17.4. The molecule has 5 nitrogen and oxygen atoms in total. The predicted octanol–water partition coefficient (Wildman–Crippen LogP) is 4.79. The molecule has 7 heteroatoms. The molecule has 0 saturated carbocycles. The number of pyridine rings is 1. The normalized spacial score (nSPS) is 17.1. The maximum absolute atomic E-state index is 14.2. The number of likely N-dealkylation sites (N-methyl/N-ethyl adjacent to an activating group) is 1. The first-order valence-corrected chi connectivity index (χ1v) is 9.73. The van der Waals surface area contributed by atoms with E-state index in [-0.39, 0.29) is 18.0 Å². The summed E-state index contributed by atoms with van der Waals surface area (Å²) in [5.74, 6) is -0.766.